The van der Waals surface area contributed by atoms with E-state index in [0.717, 1.165) is 19.0 Å². The molecule has 0 amide bonds. The summed E-state index contributed by atoms with van der Waals surface area (Å²) in [5.41, 5.74) is 1.34. The van der Waals surface area contributed by atoms with Gasteiger partial charge in [-0.1, -0.05) is 18.2 Å². The number of guanidine groups is 1. The van der Waals surface area contributed by atoms with Crippen LogP contribution < -0.4 is 15.5 Å². The Kier molecular flexibility index (Phi) is 6.79. The Morgan fingerprint density at radius 1 is 1.00 bits per heavy atom. The van der Waals surface area contributed by atoms with E-state index >= 15 is 0 Å². The van der Waals surface area contributed by atoms with Gasteiger partial charge in [0.05, 0.1) is 0 Å². The Morgan fingerprint density at radius 2 is 1.59 bits per heavy atom. The Morgan fingerprint density at radius 3 is 2.09 bits per heavy atom. The first-order valence-electron chi connectivity index (χ1n) is 8.15. The lowest BCUT2D eigenvalue weighted by atomic mass is 9.93. The van der Waals surface area contributed by atoms with Crippen molar-refractivity contribution in [2.45, 2.75) is 44.2 Å². The van der Waals surface area contributed by atoms with Gasteiger partial charge in [-0.05, 0) is 44.2 Å². The average molecular weight is 414 g/mol. The molecule has 22 heavy (non-hydrogen) atoms. The zero-order valence-corrected chi connectivity index (χ0v) is 15.6. The second kappa shape index (κ2) is 8.60. The molecule has 0 unspecified atom stereocenters. The molecule has 0 bridgehead atoms. The summed E-state index contributed by atoms with van der Waals surface area (Å²) in [6, 6.07) is 11.9. The standard InChI is InChI=1S/C17H26N4.HI/c1-18-17(19-14-6-5-7-14)20-15-10-12-21(13-11-15)16-8-3-2-4-9-16;/h2-4,8-9,14-15H,5-7,10-13H2,1H3,(H2,18,19,20);1H. The van der Waals surface area contributed by atoms with Gasteiger partial charge in [0.25, 0.3) is 0 Å². The highest BCUT2D eigenvalue weighted by Gasteiger charge is 2.22. The number of nitrogens with one attached hydrogen (secondary N) is 2. The van der Waals surface area contributed by atoms with Gasteiger partial charge in [-0.15, -0.1) is 24.0 Å². The van der Waals surface area contributed by atoms with E-state index in [4.69, 9.17) is 0 Å². The number of anilines is 1. The zero-order chi connectivity index (χ0) is 14.5. The van der Waals surface area contributed by atoms with E-state index < -0.39 is 0 Å². The molecule has 1 aliphatic carbocycles. The molecule has 2 fully saturated rings. The molecule has 2 N–H and O–H groups in total. The maximum Gasteiger partial charge on any atom is 0.191 e. The van der Waals surface area contributed by atoms with Crippen LogP contribution in [0.3, 0.4) is 0 Å². The Balaban J connectivity index is 0.00000176. The highest BCUT2D eigenvalue weighted by molar-refractivity contribution is 14.0. The molecule has 2 aliphatic rings. The fraction of sp³-hybridized carbons (Fsp3) is 0.588. The molecule has 0 radical (unpaired) electrons. The van der Waals surface area contributed by atoms with Crippen LogP contribution in [0.25, 0.3) is 0 Å². The zero-order valence-electron chi connectivity index (χ0n) is 13.3. The van der Waals surface area contributed by atoms with Crippen LogP contribution in [0.2, 0.25) is 0 Å². The van der Waals surface area contributed by atoms with E-state index in [1.165, 1.54) is 37.8 Å². The Hall–Kier alpha value is -0.980. The topological polar surface area (TPSA) is 39.7 Å². The van der Waals surface area contributed by atoms with E-state index in [1.807, 2.05) is 7.05 Å². The highest BCUT2D eigenvalue weighted by atomic mass is 127. The number of para-hydroxylation sites is 1. The smallest absolute Gasteiger partial charge is 0.191 e. The van der Waals surface area contributed by atoms with Crippen LogP contribution in [0.1, 0.15) is 32.1 Å². The van der Waals surface area contributed by atoms with Crippen LogP contribution in [0.15, 0.2) is 35.3 Å². The van der Waals surface area contributed by atoms with E-state index in [9.17, 15) is 0 Å². The van der Waals surface area contributed by atoms with Crippen molar-refractivity contribution in [3.8, 4) is 0 Å². The predicted molar refractivity (Wildman–Crippen MR) is 104 cm³/mol. The molecule has 0 spiro atoms. The number of halogens is 1. The molecule has 0 atom stereocenters. The minimum atomic E-state index is 0. The minimum Gasteiger partial charge on any atom is -0.371 e. The summed E-state index contributed by atoms with van der Waals surface area (Å²) in [6.45, 7) is 2.23. The van der Waals surface area contributed by atoms with Crippen molar-refractivity contribution in [2.75, 3.05) is 25.0 Å². The van der Waals surface area contributed by atoms with Crippen molar-refractivity contribution < 1.29 is 0 Å². The van der Waals surface area contributed by atoms with Gasteiger partial charge in [0.2, 0.25) is 0 Å². The number of rotatable bonds is 3. The van der Waals surface area contributed by atoms with Gasteiger partial charge >= 0.3 is 0 Å². The lowest BCUT2D eigenvalue weighted by Crippen LogP contribution is -2.52. The van der Waals surface area contributed by atoms with Crippen LogP contribution in [0.5, 0.6) is 0 Å². The van der Waals surface area contributed by atoms with Gasteiger partial charge in [-0.25, -0.2) is 0 Å². The van der Waals surface area contributed by atoms with Crippen molar-refractivity contribution in [1.82, 2.24) is 10.6 Å². The summed E-state index contributed by atoms with van der Waals surface area (Å²) < 4.78 is 0. The van der Waals surface area contributed by atoms with Gasteiger partial charge < -0.3 is 15.5 Å². The van der Waals surface area contributed by atoms with Crippen LogP contribution in [-0.4, -0.2) is 38.2 Å². The van der Waals surface area contributed by atoms with Crippen molar-refractivity contribution in [1.29, 1.82) is 0 Å². The van der Waals surface area contributed by atoms with E-state index in [-0.39, 0.29) is 24.0 Å². The van der Waals surface area contributed by atoms with Gasteiger partial charge in [0.1, 0.15) is 0 Å². The molecule has 4 nitrogen and oxygen atoms in total. The summed E-state index contributed by atoms with van der Waals surface area (Å²) in [7, 11) is 1.87. The maximum atomic E-state index is 4.36. The Labute approximate surface area is 150 Å². The minimum absolute atomic E-state index is 0. The fourth-order valence-corrected chi connectivity index (χ4v) is 3.03. The van der Waals surface area contributed by atoms with Crippen molar-refractivity contribution in [2.24, 2.45) is 4.99 Å². The van der Waals surface area contributed by atoms with Crippen molar-refractivity contribution in [3.05, 3.63) is 30.3 Å². The first-order chi connectivity index (χ1) is 10.3. The Bertz CT molecular complexity index is 465. The maximum absolute atomic E-state index is 4.36. The normalized spacial score (nSPS) is 20.0. The van der Waals surface area contributed by atoms with E-state index in [0.29, 0.717) is 12.1 Å². The monoisotopic (exact) mass is 414 g/mol. The molecule has 1 saturated carbocycles. The van der Waals surface area contributed by atoms with Crippen molar-refractivity contribution >= 4 is 35.6 Å². The summed E-state index contributed by atoms with van der Waals surface area (Å²) in [4.78, 5) is 6.83. The van der Waals surface area contributed by atoms with Crippen LogP contribution in [-0.2, 0) is 0 Å². The molecule has 122 valence electrons. The summed E-state index contributed by atoms with van der Waals surface area (Å²) in [5, 5.41) is 7.11. The summed E-state index contributed by atoms with van der Waals surface area (Å²) in [6.07, 6.45) is 6.25. The van der Waals surface area contributed by atoms with Gasteiger partial charge in [-0.2, -0.15) is 0 Å². The fourth-order valence-electron chi connectivity index (χ4n) is 3.03. The average Bonchev–Trinajstić information content (AvgIpc) is 2.51. The van der Waals surface area contributed by atoms with Gasteiger partial charge in [0.15, 0.2) is 5.96 Å². The van der Waals surface area contributed by atoms with E-state index in [2.05, 4.69) is 50.9 Å². The predicted octanol–water partition coefficient (Wildman–Crippen LogP) is 2.99. The van der Waals surface area contributed by atoms with Crippen molar-refractivity contribution in [3.63, 3.8) is 0 Å². The molecule has 1 aromatic carbocycles. The third-order valence-electron chi connectivity index (χ3n) is 4.63. The SMILES string of the molecule is CN=C(NC1CCC1)NC1CCN(c2ccccc2)CC1.I. The van der Waals surface area contributed by atoms with Crippen LogP contribution in [0, 0.1) is 0 Å². The van der Waals surface area contributed by atoms with Crippen LogP contribution >= 0.6 is 24.0 Å². The number of benzene rings is 1. The molecule has 1 saturated heterocycles. The molecule has 0 aromatic heterocycles. The third-order valence-corrected chi connectivity index (χ3v) is 4.63. The molecule has 3 rings (SSSR count). The first-order valence-corrected chi connectivity index (χ1v) is 8.15. The molecular weight excluding hydrogens is 387 g/mol. The number of hydrogen-bond acceptors (Lipinski definition) is 2. The second-order valence-corrected chi connectivity index (χ2v) is 6.09. The molecule has 1 aliphatic heterocycles. The van der Waals surface area contributed by atoms with E-state index in [1.54, 1.807) is 0 Å². The van der Waals surface area contributed by atoms with Crippen LogP contribution in [0.4, 0.5) is 5.69 Å². The number of nitrogens with zero attached hydrogens (tertiary/aromatic N) is 2. The highest BCUT2D eigenvalue weighted by Crippen LogP contribution is 2.20. The quantitative estimate of drug-likeness (QED) is 0.454. The summed E-state index contributed by atoms with van der Waals surface area (Å²) in [5.74, 6) is 0.984. The number of piperidine rings is 1. The summed E-state index contributed by atoms with van der Waals surface area (Å²) >= 11 is 0. The lowest BCUT2D eigenvalue weighted by molar-refractivity contribution is 0.374. The first kappa shape index (κ1) is 17.4. The van der Waals surface area contributed by atoms with Gasteiger partial charge in [0, 0.05) is 37.9 Å². The second-order valence-electron chi connectivity index (χ2n) is 6.09. The van der Waals surface area contributed by atoms with Gasteiger partial charge in [-0.3, -0.25) is 4.99 Å². The molecular formula is C17H27IN4. The molecule has 1 heterocycles. The number of aliphatic imine (C=N–C) groups is 1. The lowest BCUT2D eigenvalue weighted by Gasteiger charge is -2.35. The number of hydrogen-bond donors (Lipinski definition) is 2. The molecule has 1 aromatic rings. The molecule has 5 heteroatoms. The third kappa shape index (κ3) is 4.51. The largest absolute Gasteiger partial charge is 0.371 e.